The second-order valence-corrected chi connectivity index (χ2v) is 12.4. The lowest BCUT2D eigenvalue weighted by atomic mass is 10.0. The summed E-state index contributed by atoms with van der Waals surface area (Å²) < 4.78 is 15.0. The molecule has 4 nitrogen and oxygen atoms in total. The first-order valence-electron chi connectivity index (χ1n) is 12.1. The summed E-state index contributed by atoms with van der Waals surface area (Å²) in [6.07, 6.45) is 4.40. The highest BCUT2D eigenvalue weighted by atomic mass is 32.1. The Morgan fingerprint density at radius 1 is 0.806 bits per heavy atom. The van der Waals surface area contributed by atoms with Crippen LogP contribution in [0, 0.1) is 6.92 Å². The molecule has 0 aliphatic heterocycles. The van der Waals surface area contributed by atoms with E-state index in [2.05, 4.69) is 118 Å². The number of hydrogen-bond donors (Lipinski definition) is 0. The smallest absolute Gasteiger partial charge is 0.250 e. The molecular weight excluding hydrogens is 481 g/mol. The van der Waals surface area contributed by atoms with E-state index >= 15 is 0 Å². The molecule has 0 spiro atoms. The zero-order chi connectivity index (χ0) is 23.5. The van der Waals surface area contributed by atoms with Gasteiger partial charge in [-0.05, 0) is 55.0 Å². The number of para-hydroxylation sites is 2. The Morgan fingerprint density at radius 2 is 1.67 bits per heavy atom. The molecule has 0 saturated heterocycles. The average Bonchev–Trinajstić information content (AvgIpc) is 3.65. The normalized spacial score (nSPS) is 13.1. The van der Waals surface area contributed by atoms with Crippen LogP contribution in [0.5, 0.6) is 0 Å². The third-order valence-electron chi connectivity index (χ3n) is 7.56. The largest absolute Gasteiger partial charge is 0.445 e. The molecule has 0 aliphatic carbocycles. The van der Waals surface area contributed by atoms with Crippen LogP contribution in [0.15, 0.2) is 102 Å². The molecule has 0 aliphatic rings. The number of thiophene rings is 1. The topological polar surface area (TPSA) is 26.6 Å². The van der Waals surface area contributed by atoms with E-state index in [0.29, 0.717) is 0 Å². The van der Waals surface area contributed by atoms with E-state index in [1.54, 1.807) is 11.3 Å². The van der Waals surface area contributed by atoms with Crippen molar-refractivity contribution in [3.8, 4) is 5.69 Å². The van der Waals surface area contributed by atoms with Gasteiger partial charge in [0.15, 0.2) is 4.90 Å². The molecule has 1 atom stereocenters. The van der Waals surface area contributed by atoms with Crippen molar-refractivity contribution in [2.24, 2.45) is 0 Å². The average molecular weight is 501 g/mol. The Bertz CT molecular complexity index is 2330. The van der Waals surface area contributed by atoms with E-state index < -0.39 is 7.50 Å². The van der Waals surface area contributed by atoms with Crippen molar-refractivity contribution < 1.29 is 8.93 Å². The Morgan fingerprint density at radius 3 is 2.58 bits per heavy atom. The molecule has 0 saturated carbocycles. The van der Waals surface area contributed by atoms with Gasteiger partial charge in [0.05, 0.1) is 19.2 Å². The van der Waals surface area contributed by atoms with Gasteiger partial charge in [-0.2, -0.15) is 0 Å². The molecule has 4 aromatic carbocycles. The zero-order valence-electron chi connectivity index (χ0n) is 19.3. The monoisotopic (exact) mass is 500 g/mol. The standard InChI is InChI=1S/C30H19N3OPS/c1-18-20-13-15-25-26(18)28-27-23(34-30(28)36-25)14-12-22-29(27)35(32-17-7-16-31(22)32)24-11-6-5-10-21(24)33(20)19-8-3-2-4-9-19/h2-17H,1H3/q+1. The Labute approximate surface area is 209 Å². The summed E-state index contributed by atoms with van der Waals surface area (Å²) in [6, 6.07) is 30.8. The van der Waals surface area contributed by atoms with E-state index in [0.717, 1.165) is 10.5 Å². The van der Waals surface area contributed by atoms with Crippen LogP contribution in [0.1, 0.15) is 5.56 Å². The lowest BCUT2D eigenvalue weighted by molar-refractivity contribution is -0.580. The van der Waals surface area contributed by atoms with Crippen LogP contribution in [0.2, 0.25) is 0 Å². The van der Waals surface area contributed by atoms with Crippen LogP contribution in [0.25, 0.3) is 63.8 Å². The van der Waals surface area contributed by atoms with Gasteiger partial charge >= 0.3 is 0 Å². The van der Waals surface area contributed by atoms with Crippen LogP contribution in [-0.2, 0) is 0 Å². The summed E-state index contributed by atoms with van der Waals surface area (Å²) in [5.41, 5.74) is 7.12. The molecule has 1 unspecified atom stereocenters. The SMILES string of the molecule is Cc1c2c3ccc1n(-c1ccccc1)c1ccccc1p1c4c5c(ccc4[n+]4cccn41)oc(s3)c25. The van der Waals surface area contributed by atoms with Crippen molar-refractivity contribution in [1.29, 1.82) is 0 Å². The number of hydrogen-bond acceptors (Lipinski definition) is 2. The van der Waals surface area contributed by atoms with Gasteiger partial charge in [-0.3, -0.25) is 0 Å². The minimum absolute atomic E-state index is 0.868. The van der Waals surface area contributed by atoms with Gasteiger partial charge in [-0.15, -0.1) is 4.28 Å². The highest BCUT2D eigenvalue weighted by Gasteiger charge is 2.26. The summed E-state index contributed by atoms with van der Waals surface area (Å²) >= 11 is 1.76. The number of fused-ring (bicyclic) bond motifs is 6. The molecule has 36 heavy (non-hydrogen) atoms. The minimum atomic E-state index is -0.868. The van der Waals surface area contributed by atoms with Crippen molar-refractivity contribution in [3.05, 3.63) is 103 Å². The molecule has 9 aromatic rings. The van der Waals surface area contributed by atoms with Crippen LogP contribution < -0.4 is 4.52 Å². The van der Waals surface area contributed by atoms with Crippen molar-refractivity contribution in [3.63, 3.8) is 0 Å². The van der Waals surface area contributed by atoms with Crippen molar-refractivity contribution in [1.82, 2.24) is 8.84 Å². The molecule has 0 fully saturated rings. The second kappa shape index (κ2) is 6.58. The summed E-state index contributed by atoms with van der Waals surface area (Å²) in [5, 5.41) is 6.58. The second-order valence-electron chi connectivity index (χ2n) is 9.38. The number of aromatic nitrogens is 3. The summed E-state index contributed by atoms with van der Waals surface area (Å²) in [6.45, 7) is 2.27. The molecule has 0 amide bonds. The molecule has 2 bridgehead atoms. The van der Waals surface area contributed by atoms with Crippen molar-refractivity contribution in [2.75, 3.05) is 0 Å². The Hall–Kier alpha value is -4.05. The molecular formula is C30H19N3OPS+. The number of benzene rings is 4. The van der Waals surface area contributed by atoms with Crippen LogP contribution >= 0.6 is 18.8 Å². The molecule has 170 valence electrons. The Balaban J connectivity index is 1.77. The Kier molecular flexibility index (Phi) is 3.51. The third-order valence-corrected chi connectivity index (χ3v) is 11.0. The fraction of sp³-hybridized carbons (Fsp3) is 0.0333. The molecule has 6 heteroatoms. The summed E-state index contributed by atoms with van der Waals surface area (Å²) in [7, 11) is -0.868. The van der Waals surface area contributed by atoms with Crippen LogP contribution in [-0.4, -0.2) is 8.84 Å². The predicted octanol–water partition coefficient (Wildman–Crippen LogP) is 8.48. The lowest BCUT2D eigenvalue weighted by Crippen LogP contribution is -2.22. The van der Waals surface area contributed by atoms with E-state index in [1.807, 2.05) is 0 Å². The van der Waals surface area contributed by atoms with Gasteiger partial charge in [0, 0.05) is 49.3 Å². The van der Waals surface area contributed by atoms with Gasteiger partial charge in [0.1, 0.15) is 10.7 Å². The van der Waals surface area contributed by atoms with Crippen LogP contribution in [0.4, 0.5) is 0 Å². The number of nitrogens with zero attached hydrogens (tertiary/aromatic N) is 3. The van der Waals surface area contributed by atoms with E-state index in [-0.39, 0.29) is 0 Å². The van der Waals surface area contributed by atoms with Crippen LogP contribution in [0.3, 0.4) is 0 Å². The van der Waals surface area contributed by atoms with E-state index in [4.69, 9.17) is 4.42 Å². The molecule has 5 aromatic heterocycles. The first kappa shape index (κ1) is 19.2. The summed E-state index contributed by atoms with van der Waals surface area (Å²) in [5.74, 6) is 0. The maximum absolute atomic E-state index is 6.54. The number of rotatable bonds is 1. The molecule has 9 rings (SSSR count). The van der Waals surface area contributed by atoms with Gasteiger partial charge in [-0.1, -0.05) is 46.2 Å². The summed E-state index contributed by atoms with van der Waals surface area (Å²) in [4.78, 5) is 1.02. The third kappa shape index (κ3) is 2.19. The maximum atomic E-state index is 6.54. The van der Waals surface area contributed by atoms with Gasteiger partial charge < -0.3 is 8.98 Å². The number of furan rings is 1. The molecule has 0 N–H and O–H groups in total. The van der Waals surface area contributed by atoms with E-state index in [9.17, 15) is 0 Å². The highest BCUT2D eigenvalue weighted by Crippen LogP contribution is 2.50. The first-order chi connectivity index (χ1) is 17.8. The fourth-order valence-corrected chi connectivity index (χ4v) is 9.90. The first-order valence-corrected chi connectivity index (χ1v) is 14.2. The van der Waals surface area contributed by atoms with E-state index in [1.165, 1.54) is 58.9 Å². The van der Waals surface area contributed by atoms with Crippen molar-refractivity contribution in [2.45, 2.75) is 6.92 Å². The zero-order valence-corrected chi connectivity index (χ0v) is 21.1. The minimum Gasteiger partial charge on any atom is -0.445 e. The maximum Gasteiger partial charge on any atom is 0.250 e. The lowest BCUT2D eigenvalue weighted by Gasteiger charge is -2.15. The van der Waals surface area contributed by atoms with Gasteiger partial charge in [-0.25, -0.2) is 0 Å². The van der Waals surface area contributed by atoms with Gasteiger partial charge in [0.25, 0.3) is 0 Å². The fourth-order valence-electron chi connectivity index (χ4n) is 6.09. The van der Waals surface area contributed by atoms with Crippen molar-refractivity contribution >= 4 is 77.0 Å². The highest BCUT2D eigenvalue weighted by molar-refractivity contribution is 7.54. The molecule has 5 heterocycles. The quantitative estimate of drug-likeness (QED) is 0.208. The predicted molar refractivity (Wildman–Crippen MR) is 150 cm³/mol. The van der Waals surface area contributed by atoms with Gasteiger partial charge in [0.2, 0.25) is 11.7 Å². The number of aryl methyl sites for hydroxylation is 1. The molecule has 0 radical (unpaired) electrons.